The van der Waals surface area contributed by atoms with Crippen LogP contribution < -0.4 is 4.90 Å². The van der Waals surface area contributed by atoms with E-state index in [0.29, 0.717) is 18.1 Å². The lowest BCUT2D eigenvalue weighted by Crippen LogP contribution is -2.49. The molecule has 0 aromatic heterocycles. The van der Waals surface area contributed by atoms with Crippen LogP contribution in [-0.4, -0.2) is 43.0 Å². The van der Waals surface area contributed by atoms with E-state index < -0.39 is 59.1 Å². The van der Waals surface area contributed by atoms with Crippen molar-refractivity contribution in [3.8, 4) is 0 Å². The topological polar surface area (TPSA) is 65.1 Å². The Bertz CT molecular complexity index is 863. The average molecular weight is 381 g/mol. The molecule has 4 heterocycles. The molecule has 0 N–H and O–H groups in total. The Labute approximate surface area is 151 Å². The standard InChI is InChI=1S/C18H14F3NO5/c19-18(20,21)9-3-1-2-4-10(9)22-14(23)12-11-5-6-17(27-11,13(12)15(22)24)16-25-7-8-26-16/h1-6,11-13,16H,7-8H2/t11-,12-,13+,17-/m1/s1. The van der Waals surface area contributed by atoms with Crippen molar-refractivity contribution < 1.29 is 37.0 Å². The second-order valence-electron chi connectivity index (χ2n) is 6.90. The van der Waals surface area contributed by atoms with E-state index in [9.17, 15) is 22.8 Å². The summed E-state index contributed by atoms with van der Waals surface area (Å²) in [6.07, 6.45) is -2.97. The predicted octanol–water partition coefficient (Wildman–Crippen LogP) is 1.89. The number of imide groups is 1. The Morgan fingerprint density at radius 1 is 1.07 bits per heavy atom. The van der Waals surface area contributed by atoms with Crippen LogP contribution in [0.5, 0.6) is 0 Å². The quantitative estimate of drug-likeness (QED) is 0.578. The zero-order valence-electron chi connectivity index (χ0n) is 13.8. The molecule has 2 bridgehead atoms. The number of halogens is 3. The smallest absolute Gasteiger partial charge is 0.357 e. The molecule has 0 unspecified atom stereocenters. The number of hydrogen-bond donors (Lipinski definition) is 0. The lowest BCUT2D eigenvalue weighted by atomic mass is 9.76. The lowest BCUT2D eigenvalue weighted by Gasteiger charge is -2.32. The molecule has 4 atom stereocenters. The first-order valence-electron chi connectivity index (χ1n) is 8.49. The first kappa shape index (κ1) is 16.9. The fraction of sp³-hybridized carbons (Fsp3) is 0.444. The maximum Gasteiger partial charge on any atom is 0.418 e. The minimum Gasteiger partial charge on any atom is -0.357 e. The number of rotatable bonds is 2. The van der Waals surface area contributed by atoms with E-state index in [1.54, 1.807) is 12.2 Å². The van der Waals surface area contributed by atoms with Crippen LogP contribution in [0.2, 0.25) is 0 Å². The van der Waals surface area contributed by atoms with Crippen LogP contribution in [0.1, 0.15) is 5.56 Å². The van der Waals surface area contributed by atoms with Crippen LogP contribution in [-0.2, 0) is 30.0 Å². The van der Waals surface area contributed by atoms with Gasteiger partial charge < -0.3 is 14.2 Å². The van der Waals surface area contributed by atoms with Gasteiger partial charge in [-0.1, -0.05) is 18.2 Å². The average Bonchev–Trinajstić information content (AvgIpc) is 3.38. The molecule has 1 aromatic rings. The fourth-order valence-electron chi connectivity index (χ4n) is 4.47. The summed E-state index contributed by atoms with van der Waals surface area (Å²) in [6, 6.07) is 4.56. The van der Waals surface area contributed by atoms with E-state index in [1.165, 1.54) is 12.1 Å². The zero-order valence-corrected chi connectivity index (χ0v) is 13.8. The molecule has 2 amide bonds. The number of hydrogen-bond acceptors (Lipinski definition) is 5. The predicted molar refractivity (Wildman–Crippen MR) is 83.4 cm³/mol. The van der Waals surface area contributed by atoms with E-state index in [-0.39, 0.29) is 0 Å². The molecular weight excluding hydrogens is 367 g/mol. The largest absolute Gasteiger partial charge is 0.418 e. The lowest BCUT2D eigenvalue weighted by molar-refractivity contribution is -0.180. The van der Waals surface area contributed by atoms with Gasteiger partial charge in [0.25, 0.3) is 0 Å². The number of para-hydroxylation sites is 1. The summed E-state index contributed by atoms with van der Waals surface area (Å²) in [4.78, 5) is 26.8. The molecule has 4 aliphatic rings. The summed E-state index contributed by atoms with van der Waals surface area (Å²) in [5.41, 5.74) is -2.78. The van der Waals surface area contributed by atoms with E-state index in [1.807, 2.05) is 0 Å². The number of amides is 2. The highest BCUT2D eigenvalue weighted by Crippen LogP contribution is 2.55. The van der Waals surface area contributed by atoms with E-state index in [4.69, 9.17) is 14.2 Å². The Kier molecular flexibility index (Phi) is 3.38. The van der Waals surface area contributed by atoms with Gasteiger partial charge in [0.05, 0.1) is 42.4 Å². The number of anilines is 1. The van der Waals surface area contributed by atoms with Gasteiger partial charge in [-0.25, -0.2) is 4.90 Å². The number of carbonyl (C=O) groups excluding carboxylic acids is 2. The molecular formula is C18H14F3NO5. The van der Waals surface area contributed by atoms with Crippen molar-refractivity contribution in [3.63, 3.8) is 0 Å². The molecule has 5 rings (SSSR count). The van der Waals surface area contributed by atoms with Gasteiger partial charge in [-0.15, -0.1) is 0 Å². The van der Waals surface area contributed by atoms with Crippen LogP contribution in [0, 0.1) is 11.8 Å². The van der Waals surface area contributed by atoms with Gasteiger partial charge in [0.2, 0.25) is 11.8 Å². The van der Waals surface area contributed by atoms with Crippen molar-refractivity contribution in [2.24, 2.45) is 11.8 Å². The van der Waals surface area contributed by atoms with E-state index in [2.05, 4.69) is 0 Å². The summed E-state index contributed by atoms with van der Waals surface area (Å²) in [7, 11) is 0. The second kappa shape index (κ2) is 5.40. The van der Waals surface area contributed by atoms with Crippen LogP contribution in [0.15, 0.2) is 36.4 Å². The van der Waals surface area contributed by atoms with Crippen molar-refractivity contribution in [2.45, 2.75) is 24.2 Å². The minimum atomic E-state index is -4.70. The molecule has 4 aliphatic heterocycles. The third-order valence-corrected chi connectivity index (χ3v) is 5.52. The second-order valence-corrected chi connectivity index (χ2v) is 6.90. The first-order valence-corrected chi connectivity index (χ1v) is 8.49. The molecule has 27 heavy (non-hydrogen) atoms. The van der Waals surface area contributed by atoms with Crippen molar-refractivity contribution in [1.29, 1.82) is 0 Å². The molecule has 6 nitrogen and oxygen atoms in total. The van der Waals surface area contributed by atoms with Crippen molar-refractivity contribution >= 4 is 17.5 Å². The van der Waals surface area contributed by atoms with Crippen molar-refractivity contribution in [1.82, 2.24) is 0 Å². The Balaban J connectivity index is 1.59. The third kappa shape index (κ3) is 2.13. The molecule has 142 valence electrons. The summed E-state index contributed by atoms with van der Waals surface area (Å²) in [5.74, 6) is -3.30. The molecule has 0 radical (unpaired) electrons. The molecule has 0 spiro atoms. The molecule has 9 heteroatoms. The summed E-state index contributed by atoms with van der Waals surface area (Å²) < 4.78 is 57.1. The van der Waals surface area contributed by atoms with Gasteiger partial charge >= 0.3 is 6.18 Å². The van der Waals surface area contributed by atoms with E-state index >= 15 is 0 Å². The van der Waals surface area contributed by atoms with Crippen molar-refractivity contribution in [3.05, 3.63) is 42.0 Å². The summed E-state index contributed by atoms with van der Waals surface area (Å²) in [5, 5.41) is 0. The maximum atomic E-state index is 13.4. The number of nitrogens with zero attached hydrogens (tertiary/aromatic N) is 1. The van der Waals surface area contributed by atoms with Crippen LogP contribution >= 0.6 is 0 Å². The minimum absolute atomic E-state index is 0.314. The zero-order chi connectivity index (χ0) is 19.0. The summed E-state index contributed by atoms with van der Waals surface area (Å²) in [6.45, 7) is 0.628. The number of benzene rings is 1. The fourth-order valence-corrected chi connectivity index (χ4v) is 4.47. The van der Waals surface area contributed by atoms with Crippen LogP contribution in [0.3, 0.4) is 0 Å². The number of carbonyl (C=O) groups is 2. The highest BCUT2D eigenvalue weighted by atomic mass is 19.4. The monoisotopic (exact) mass is 381 g/mol. The van der Waals surface area contributed by atoms with Gasteiger partial charge in [0, 0.05) is 0 Å². The molecule has 1 aromatic carbocycles. The number of fused-ring (bicyclic) bond motifs is 5. The highest BCUT2D eigenvalue weighted by molar-refractivity contribution is 6.23. The van der Waals surface area contributed by atoms with Crippen LogP contribution in [0.25, 0.3) is 0 Å². The van der Waals surface area contributed by atoms with Gasteiger partial charge in [0.1, 0.15) is 0 Å². The summed E-state index contributed by atoms with van der Waals surface area (Å²) >= 11 is 0. The van der Waals surface area contributed by atoms with Gasteiger partial charge in [-0.05, 0) is 18.2 Å². The van der Waals surface area contributed by atoms with Gasteiger partial charge in [-0.3, -0.25) is 9.59 Å². The van der Waals surface area contributed by atoms with Gasteiger partial charge in [-0.2, -0.15) is 13.2 Å². The van der Waals surface area contributed by atoms with Crippen molar-refractivity contribution in [2.75, 3.05) is 18.1 Å². The SMILES string of the molecule is O=C1[C@H]2[C@@H](C(=O)N1c1ccccc1C(F)(F)F)[C@@]1(C3OCCO3)C=C[C@H]2O1. The van der Waals surface area contributed by atoms with Gasteiger partial charge in [0.15, 0.2) is 11.9 Å². The molecule has 0 aliphatic carbocycles. The molecule has 0 saturated carbocycles. The molecule has 3 saturated heterocycles. The Morgan fingerprint density at radius 2 is 1.78 bits per heavy atom. The first-order chi connectivity index (χ1) is 12.8. The molecule has 3 fully saturated rings. The normalized spacial score (nSPS) is 35.5. The third-order valence-electron chi connectivity index (χ3n) is 5.52. The van der Waals surface area contributed by atoms with Crippen LogP contribution in [0.4, 0.5) is 18.9 Å². The Hall–Kier alpha value is -2.23. The maximum absolute atomic E-state index is 13.4. The number of ether oxygens (including phenoxy) is 3. The number of alkyl halides is 3. The highest BCUT2D eigenvalue weighted by Gasteiger charge is 2.71. The van der Waals surface area contributed by atoms with E-state index in [0.717, 1.165) is 12.1 Å². The Morgan fingerprint density at radius 3 is 2.48 bits per heavy atom.